The van der Waals surface area contributed by atoms with Gasteiger partial charge in [0.25, 0.3) is 0 Å². The minimum Gasteiger partial charge on any atom is -0.444 e. The molecular weight excluding hydrogens is 344 g/mol. The van der Waals surface area contributed by atoms with E-state index in [0.29, 0.717) is 37.8 Å². The normalized spacial score (nSPS) is 17.1. The van der Waals surface area contributed by atoms with E-state index in [1.54, 1.807) is 32.9 Å². The van der Waals surface area contributed by atoms with Crippen molar-refractivity contribution in [2.24, 2.45) is 0 Å². The van der Waals surface area contributed by atoms with Crippen LogP contribution in [-0.2, 0) is 14.8 Å². The van der Waals surface area contributed by atoms with E-state index in [2.05, 4.69) is 5.32 Å². The fourth-order valence-electron chi connectivity index (χ4n) is 2.61. The molecule has 1 aromatic rings. The number of carbonyl (C=O) groups excluding carboxylic acids is 2. The Kier molecular flexibility index (Phi) is 5.84. The van der Waals surface area contributed by atoms with Gasteiger partial charge in [0, 0.05) is 24.7 Å². The van der Waals surface area contributed by atoms with Gasteiger partial charge in [-0.25, -0.2) is 13.2 Å². The molecule has 2 rings (SSSR count). The Morgan fingerprint density at radius 1 is 1.28 bits per heavy atom. The van der Waals surface area contributed by atoms with E-state index in [0.717, 1.165) is 0 Å². The molecule has 1 aromatic carbocycles. The Morgan fingerprint density at radius 3 is 2.48 bits per heavy atom. The van der Waals surface area contributed by atoms with Gasteiger partial charge in [-0.1, -0.05) is 12.1 Å². The third-order valence-corrected chi connectivity index (χ3v) is 5.70. The number of benzene rings is 1. The van der Waals surface area contributed by atoms with Crippen LogP contribution < -0.4 is 5.32 Å². The third-order valence-electron chi connectivity index (χ3n) is 3.81. The predicted molar refractivity (Wildman–Crippen MR) is 93.0 cm³/mol. The van der Waals surface area contributed by atoms with Gasteiger partial charge >= 0.3 is 6.09 Å². The van der Waals surface area contributed by atoms with E-state index >= 15 is 0 Å². The van der Waals surface area contributed by atoms with Crippen LogP contribution >= 0.6 is 0 Å². The summed E-state index contributed by atoms with van der Waals surface area (Å²) in [5.41, 5.74) is -0.250. The minimum atomic E-state index is -3.64. The minimum absolute atomic E-state index is 0.107. The lowest BCUT2D eigenvalue weighted by Crippen LogP contribution is -2.47. The van der Waals surface area contributed by atoms with Crippen molar-refractivity contribution in [3.8, 4) is 0 Å². The first-order valence-corrected chi connectivity index (χ1v) is 9.61. The first kappa shape index (κ1) is 19.4. The first-order chi connectivity index (χ1) is 11.6. The zero-order valence-electron chi connectivity index (χ0n) is 14.7. The van der Waals surface area contributed by atoms with Crippen LogP contribution in [0.1, 0.15) is 44.0 Å². The topological polar surface area (TPSA) is 92.8 Å². The maximum atomic E-state index is 12.7. The summed E-state index contributed by atoms with van der Waals surface area (Å²) in [4.78, 5) is 22.8. The van der Waals surface area contributed by atoms with Gasteiger partial charge in [0.05, 0.1) is 4.90 Å². The van der Waals surface area contributed by atoms with Crippen LogP contribution in [0.5, 0.6) is 0 Å². The van der Waals surface area contributed by atoms with Gasteiger partial charge in [0.15, 0.2) is 0 Å². The second-order valence-electron chi connectivity index (χ2n) is 7.01. The van der Waals surface area contributed by atoms with Gasteiger partial charge in [-0.3, -0.25) is 4.79 Å². The zero-order chi connectivity index (χ0) is 18.7. The lowest BCUT2D eigenvalue weighted by Gasteiger charge is -2.32. The van der Waals surface area contributed by atoms with E-state index in [4.69, 9.17) is 4.74 Å². The molecule has 0 saturated carbocycles. The van der Waals surface area contributed by atoms with Crippen molar-refractivity contribution in [2.45, 2.75) is 50.2 Å². The highest BCUT2D eigenvalue weighted by Gasteiger charge is 2.30. The maximum absolute atomic E-state index is 12.7. The molecule has 0 atom stereocenters. The van der Waals surface area contributed by atoms with E-state index in [1.807, 2.05) is 0 Å². The van der Waals surface area contributed by atoms with Crippen molar-refractivity contribution in [3.63, 3.8) is 0 Å². The van der Waals surface area contributed by atoms with E-state index in [1.165, 1.54) is 16.4 Å². The standard InChI is InChI=1S/C17H24N2O5S/c1-17(2,3)24-16(21)18-14-7-9-19(10-8-14)25(22,23)15-6-4-5-13(11-15)12-20/h4-6,11-12,14H,7-10H2,1-3H3,(H,18,21). The van der Waals surface area contributed by atoms with Crippen molar-refractivity contribution in [3.05, 3.63) is 29.8 Å². The summed E-state index contributed by atoms with van der Waals surface area (Å²) in [6.07, 6.45) is 1.14. The number of sulfonamides is 1. The molecule has 25 heavy (non-hydrogen) atoms. The number of nitrogens with zero attached hydrogens (tertiary/aromatic N) is 1. The number of alkyl carbamates (subject to hydrolysis) is 1. The summed E-state index contributed by atoms with van der Waals surface area (Å²) in [5.74, 6) is 0. The highest BCUT2D eigenvalue weighted by Crippen LogP contribution is 2.21. The van der Waals surface area contributed by atoms with E-state index < -0.39 is 21.7 Å². The molecule has 1 fully saturated rings. The fraction of sp³-hybridized carbons (Fsp3) is 0.529. The molecule has 0 unspecified atom stereocenters. The smallest absolute Gasteiger partial charge is 0.407 e. The number of amides is 1. The molecule has 1 heterocycles. The molecule has 0 aromatic heterocycles. The maximum Gasteiger partial charge on any atom is 0.407 e. The molecule has 0 aliphatic carbocycles. The number of piperidine rings is 1. The summed E-state index contributed by atoms with van der Waals surface area (Å²) in [6.45, 7) is 5.96. The lowest BCUT2D eigenvalue weighted by molar-refractivity contribution is 0.0489. The van der Waals surface area contributed by atoms with Gasteiger partial charge in [-0.15, -0.1) is 0 Å². The van der Waals surface area contributed by atoms with Crippen molar-refractivity contribution >= 4 is 22.4 Å². The average molecular weight is 368 g/mol. The van der Waals surface area contributed by atoms with Gasteiger partial charge in [-0.2, -0.15) is 4.31 Å². The van der Waals surface area contributed by atoms with Crippen LogP contribution in [0, 0.1) is 0 Å². The van der Waals surface area contributed by atoms with Crippen LogP contribution in [0.15, 0.2) is 29.2 Å². The van der Waals surface area contributed by atoms with Gasteiger partial charge in [-0.05, 0) is 45.7 Å². The van der Waals surface area contributed by atoms with Crippen LogP contribution in [0.25, 0.3) is 0 Å². The van der Waals surface area contributed by atoms with Crippen LogP contribution in [-0.4, -0.2) is 49.8 Å². The number of rotatable bonds is 4. The molecule has 0 radical (unpaired) electrons. The number of ether oxygens (including phenoxy) is 1. The Hall–Kier alpha value is -1.93. The van der Waals surface area contributed by atoms with Crippen molar-refractivity contribution in [2.75, 3.05) is 13.1 Å². The summed E-state index contributed by atoms with van der Waals surface area (Å²) < 4.78 is 31.9. The molecule has 1 aliphatic rings. The lowest BCUT2D eigenvalue weighted by atomic mass is 10.1. The van der Waals surface area contributed by atoms with Crippen LogP contribution in [0.2, 0.25) is 0 Å². The summed E-state index contributed by atoms with van der Waals surface area (Å²) in [6, 6.07) is 5.83. The highest BCUT2D eigenvalue weighted by molar-refractivity contribution is 7.89. The number of aldehydes is 1. The quantitative estimate of drug-likeness (QED) is 0.822. The molecule has 0 bridgehead atoms. The van der Waals surface area contributed by atoms with Crippen LogP contribution in [0.4, 0.5) is 4.79 Å². The zero-order valence-corrected chi connectivity index (χ0v) is 15.5. The van der Waals surface area contributed by atoms with Crippen molar-refractivity contribution in [1.82, 2.24) is 9.62 Å². The fourth-order valence-corrected chi connectivity index (χ4v) is 4.14. The Labute approximate surface area is 148 Å². The second-order valence-corrected chi connectivity index (χ2v) is 8.95. The van der Waals surface area contributed by atoms with Gasteiger partial charge in [0.1, 0.15) is 11.9 Å². The third kappa shape index (κ3) is 5.27. The summed E-state index contributed by atoms with van der Waals surface area (Å²) in [5, 5.41) is 2.78. The number of hydrogen-bond acceptors (Lipinski definition) is 5. The summed E-state index contributed by atoms with van der Waals surface area (Å²) >= 11 is 0. The average Bonchev–Trinajstić information content (AvgIpc) is 2.53. The number of nitrogens with one attached hydrogen (secondary N) is 1. The second kappa shape index (κ2) is 7.53. The monoisotopic (exact) mass is 368 g/mol. The molecule has 1 amide bonds. The Bertz CT molecular complexity index is 732. The molecule has 1 aliphatic heterocycles. The SMILES string of the molecule is CC(C)(C)OC(=O)NC1CCN(S(=O)(=O)c2cccc(C=O)c2)CC1. The molecular formula is C17H24N2O5S. The highest BCUT2D eigenvalue weighted by atomic mass is 32.2. The summed E-state index contributed by atoms with van der Waals surface area (Å²) in [7, 11) is -3.64. The van der Waals surface area contributed by atoms with Gasteiger partial charge in [0.2, 0.25) is 10.0 Å². The van der Waals surface area contributed by atoms with Gasteiger partial charge < -0.3 is 10.1 Å². The number of hydrogen-bond donors (Lipinski definition) is 1. The van der Waals surface area contributed by atoms with Crippen molar-refractivity contribution in [1.29, 1.82) is 0 Å². The molecule has 138 valence electrons. The Balaban J connectivity index is 1.97. The molecule has 0 spiro atoms. The Morgan fingerprint density at radius 2 is 1.92 bits per heavy atom. The first-order valence-electron chi connectivity index (χ1n) is 8.17. The van der Waals surface area contributed by atoms with Crippen molar-refractivity contribution < 1.29 is 22.7 Å². The molecule has 7 nitrogen and oxygen atoms in total. The molecule has 1 saturated heterocycles. The number of carbonyl (C=O) groups is 2. The largest absolute Gasteiger partial charge is 0.444 e. The predicted octanol–water partition coefficient (Wildman–Crippen LogP) is 2.18. The van der Waals surface area contributed by atoms with E-state index in [9.17, 15) is 18.0 Å². The molecule has 1 N–H and O–H groups in total. The van der Waals surface area contributed by atoms with E-state index in [-0.39, 0.29) is 10.9 Å². The molecule has 8 heteroatoms. The van der Waals surface area contributed by atoms with Crippen LogP contribution in [0.3, 0.4) is 0 Å².